The molecule has 1 fully saturated rings. The Hall–Kier alpha value is -0.120. The first-order valence-electron chi connectivity index (χ1n) is 5.92. The Bertz CT molecular complexity index is 184. The minimum atomic E-state index is 0.184. The van der Waals surface area contributed by atoms with Gasteiger partial charge in [0.05, 0.1) is 12.7 Å². The minimum absolute atomic E-state index is 0.184. The van der Waals surface area contributed by atoms with E-state index >= 15 is 0 Å². The van der Waals surface area contributed by atoms with Gasteiger partial charge >= 0.3 is 0 Å². The van der Waals surface area contributed by atoms with Gasteiger partial charge in [-0.05, 0) is 25.8 Å². The molecule has 0 aliphatic carbocycles. The van der Waals surface area contributed by atoms with Crippen molar-refractivity contribution in [3.05, 3.63) is 0 Å². The van der Waals surface area contributed by atoms with E-state index in [4.69, 9.17) is 9.47 Å². The molecule has 0 aromatic heterocycles. The lowest BCUT2D eigenvalue weighted by Gasteiger charge is -2.32. The van der Waals surface area contributed by atoms with Crippen molar-refractivity contribution in [2.75, 3.05) is 33.4 Å². The van der Waals surface area contributed by atoms with E-state index in [-0.39, 0.29) is 5.41 Å². The molecule has 3 heteroatoms. The van der Waals surface area contributed by atoms with Crippen molar-refractivity contribution in [3.8, 4) is 0 Å². The summed E-state index contributed by atoms with van der Waals surface area (Å²) < 4.78 is 11.0. The average Bonchev–Trinajstić information content (AvgIpc) is 2.48. The summed E-state index contributed by atoms with van der Waals surface area (Å²) in [5.74, 6) is 0.697. The molecule has 2 unspecified atom stereocenters. The SMILES string of the molecule is COCC1(CNCC(C)C)CCOC1C. The molecule has 1 aliphatic heterocycles. The van der Waals surface area contributed by atoms with Crippen molar-refractivity contribution in [2.45, 2.75) is 33.3 Å². The van der Waals surface area contributed by atoms with Crippen LogP contribution in [0.15, 0.2) is 0 Å². The Morgan fingerprint density at radius 3 is 2.73 bits per heavy atom. The van der Waals surface area contributed by atoms with Gasteiger partial charge in [-0.25, -0.2) is 0 Å². The highest BCUT2D eigenvalue weighted by molar-refractivity contribution is 4.91. The van der Waals surface area contributed by atoms with Crippen molar-refractivity contribution >= 4 is 0 Å². The monoisotopic (exact) mass is 215 g/mol. The Kier molecular flexibility index (Phi) is 5.03. The molecule has 15 heavy (non-hydrogen) atoms. The summed E-state index contributed by atoms with van der Waals surface area (Å²) in [5, 5.41) is 3.52. The zero-order valence-electron chi connectivity index (χ0n) is 10.5. The fraction of sp³-hybridized carbons (Fsp3) is 1.00. The molecule has 0 aromatic carbocycles. The predicted molar refractivity (Wildman–Crippen MR) is 62.0 cm³/mol. The quantitative estimate of drug-likeness (QED) is 0.731. The first-order valence-corrected chi connectivity index (χ1v) is 5.92. The fourth-order valence-electron chi connectivity index (χ4n) is 2.19. The van der Waals surface area contributed by atoms with Crippen LogP contribution in [-0.4, -0.2) is 39.5 Å². The van der Waals surface area contributed by atoms with Crippen LogP contribution in [0, 0.1) is 11.3 Å². The van der Waals surface area contributed by atoms with Gasteiger partial charge in [-0.15, -0.1) is 0 Å². The zero-order valence-corrected chi connectivity index (χ0v) is 10.5. The van der Waals surface area contributed by atoms with E-state index in [1.807, 2.05) is 0 Å². The van der Waals surface area contributed by atoms with Crippen LogP contribution < -0.4 is 5.32 Å². The van der Waals surface area contributed by atoms with Crippen LogP contribution in [0.25, 0.3) is 0 Å². The van der Waals surface area contributed by atoms with Crippen LogP contribution in [0.2, 0.25) is 0 Å². The molecule has 0 aromatic rings. The standard InChI is InChI=1S/C12H25NO2/c1-10(2)7-13-8-12(9-14-4)5-6-15-11(12)3/h10-11,13H,5-9H2,1-4H3. The van der Waals surface area contributed by atoms with Gasteiger partial charge in [-0.1, -0.05) is 13.8 Å². The normalized spacial score (nSPS) is 31.4. The van der Waals surface area contributed by atoms with Gasteiger partial charge in [0, 0.05) is 25.7 Å². The lowest BCUT2D eigenvalue weighted by Crippen LogP contribution is -2.43. The van der Waals surface area contributed by atoms with Crippen LogP contribution >= 0.6 is 0 Å². The maximum atomic E-state index is 5.66. The smallest absolute Gasteiger partial charge is 0.0638 e. The van der Waals surface area contributed by atoms with E-state index in [9.17, 15) is 0 Å². The second kappa shape index (κ2) is 5.83. The average molecular weight is 215 g/mol. The van der Waals surface area contributed by atoms with Gasteiger partial charge < -0.3 is 14.8 Å². The van der Waals surface area contributed by atoms with E-state index in [0.29, 0.717) is 12.0 Å². The summed E-state index contributed by atoms with van der Waals surface area (Å²) in [5.41, 5.74) is 0.184. The highest BCUT2D eigenvalue weighted by Gasteiger charge is 2.41. The van der Waals surface area contributed by atoms with Crippen LogP contribution in [0.4, 0.5) is 0 Å². The Balaban J connectivity index is 2.43. The predicted octanol–water partition coefficient (Wildman–Crippen LogP) is 1.67. The molecule has 0 bridgehead atoms. The molecular weight excluding hydrogens is 190 g/mol. The van der Waals surface area contributed by atoms with E-state index < -0.39 is 0 Å². The molecule has 0 saturated carbocycles. The van der Waals surface area contributed by atoms with E-state index in [1.165, 1.54) is 0 Å². The largest absolute Gasteiger partial charge is 0.384 e. The third kappa shape index (κ3) is 3.44. The summed E-state index contributed by atoms with van der Waals surface area (Å²) in [6, 6.07) is 0. The molecular formula is C12H25NO2. The lowest BCUT2D eigenvalue weighted by atomic mass is 9.82. The van der Waals surface area contributed by atoms with Crippen molar-refractivity contribution < 1.29 is 9.47 Å². The number of nitrogens with one attached hydrogen (secondary N) is 1. The van der Waals surface area contributed by atoms with Gasteiger partial charge in [-0.3, -0.25) is 0 Å². The minimum Gasteiger partial charge on any atom is -0.384 e. The summed E-state index contributed by atoms with van der Waals surface area (Å²) >= 11 is 0. The lowest BCUT2D eigenvalue weighted by molar-refractivity contribution is 0.0106. The summed E-state index contributed by atoms with van der Waals surface area (Å²) in [4.78, 5) is 0. The van der Waals surface area contributed by atoms with Crippen molar-refractivity contribution in [2.24, 2.45) is 11.3 Å². The highest BCUT2D eigenvalue weighted by atomic mass is 16.5. The molecule has 1 rings (SSSR count). The molecule has 1 aliphatic rings. The van der Waals surface area contributed by atoms with Gasteiger partial charge in [0.25, 0.3) is 0 Å². The Morgan fingerprint density at radius 2 is 2.27 bits per heavy atom. The van der Waals surface area contributed by atoms with E-state index in [1.54, 1.807) is 7.11 Å². The number of hydrogen-bond donors (Lipinski definition) is 1. The fourth-order valence-corrected chi connectivity index (χ4v) is 2.19. The van der Waals surface area contributed by atoms with E-state index in [0.717, 1.165) is 32.7 Å². The van der Waals surface area contributed by atoms with Crippen molar-refractivity contribution in [1.82, 2.24) is 5.32 Å². The van der Waals surface area contributed by atoms with Gasteiger partial charge in [0.2, 0.25) is 0 Å². The second-order valence-corrected chi connectivity index (χ2v) is 5.08. The molecule has 1 N–H and O–H groups in total. The third-order valence-electron chi connectivity index (χ3n) is 3.29. The molecule has 1 heterocycles. The number of hydrogen-bond acceptors (Lipinski definition) is 3. The topological polar surface area (TPSA) is 30.5 Å². The molecule has 90 valence electrons. The number of methoxy groups -OCH3 is 1. The first kappa shape index (κ1) is 12.9. The van der Waals surface area contributed by atoms with Crippen molar-refractivity contribution in [3.63, 3.8) is 0 Å². The Labute approximate surface area is 93.5 Å². The summed E-state index contributed by atoms with van der Waals surface area (Å²) in [6.45, 7) is 10.3. The second-order valence-electron chi connectivity index (χ2n) is 5.08. The van der Waals surface area contributed by atoms with Gasteiger partial charge in [-0.2, -0.15) is 0 Å². The number of rotatable bonds is 6. The molecule has 0 spiro atoms. The summed E-state index contributed by atoms with van der Waals surface area (Å²) in [7, 11) is 1.77. The molecule has 0 radical (unpaired) electrons. The van der Waals surface area contributed by atoms with Crippen LogP contribution in [0.1, 0.15) is 27.2 Å². The Morgan fingerprint density at radius 1 is 1.53 bits per heavy atom. The van der Waals surface area contributed by atoms with Crippen LogP contribution in [0.3, 0.4) is 0 Å². The molecule has 0 amide bonds. The highest BCUT2D eigenvalue weighted by Crippen LogP contribution is 2.34. The molecule has 3 nitrogen and oxygen atoms in total. The van der Waals surface area contributed by atoms with Crippen LogP contribution in [-0.2, 0) is 9.47 Å². The van der Waals surface area contributed by atoms with Gasteiger partial charge in [0.15, 0.2) is 0 Å². The number of ether oxygens (including phenoxy) is 2. The molecule has 2 atom stereocenters. The summed E-state index contributed by atoms with van der Waals surface area (Å²) in [6.07, 6.45) is 1.41. The van der Waals surface area contributed by atoms with E-state index in [2.05, 4.69) is 26.1 Å². The van der Waals surface area contributed by atoms with Gasteiger partial charge in [0.1, 0.15) is 0 Å². The first-order chi connectivity index (χ1) is 7.10. The zero-order chi connectivity index (χ0) is 11.3. The maximum absolute atomic E-state index is 5.66. The third-order valence-corrected chi connectivity index (χ3v) is 3.29. The van der Waals surface area contributed by atoms with Crippen LogP contribution in [0.5, 0.6) is 0 Å². The molecule has 1 saturated heterocycles. The van der Waals surface area contributed by atoms with Crippen molar-refractivity contribution in [1.29, 1.82) is 0 Å². The maximum Gasteiger partial charge on any atom is 0.0638 e.